The molecule has 1 atom stereocenters. The van der Waals surface area contributed by atoms with Crippen molar-refractivity contribution < 1.29 is 35.5 Å². The lowest BCUT2D eigenvalue weighted by molar-refractivity contribution is -0.361. The minimum absolute atomic E-state index is 0.0904. The zero-order valence-electron chi connectivity index (χ0n) is 12.1. The molecule has 8 heteroatoms. The molecule has 0 radical (unpaired) electrons. The van der Waals surface area contributed by atoms with Gasteiger partial charge in [0.1, 0.15) is 0 Å². The van der Waals surface area contributed by atoms with Crippen LogP contribution in [0.2, 0.25) is 0 Å². The molecule has 0 aliphatic rings. The van der Waals surface area contributed by atoms with E-state index < -0.39 is 30.0 Å². The second-order valence-electron chi connectivity index (χ2n) is 5.26. The fourth-order valence-corrected chi connectivity index (χ4v) is 2.01. The lowest BCUT2D eigenvalue weighted by Gasteiger charge is -2.36. The highest BCUT2D eigenvalue weighted by molar-refractivity contribution is 5.28. The van der Waals surface area contributed by atoms with Crippen LogP contribution in [0.15, 0.2) is 24.3 Å². The highest BCUT2D eigenvalue weighted by atomic mass is 19.4. The summed E-state index contributed by atoms with van der Waals surface area (Å²) in [5.74, 6) is -11.5. The minimum Gasteiger partial charge on any atom is -0.374 e. The van der Waals surface area contributed by atoms with Crippen LogP contribution < -0.4 is 0 Å². The van der Waals surface area contributed by atoms with E-state index in [9.17, 15) is 30.7 Å². The standard InChI is InChI=1S/C14H15F7O/c1-9-5-4-6-10(7-9)11(2,22-3)8-12(15,16)13(17,18)14(19,20)21/h4-7H,8H2,1-3H3. The molecule has 1 nitrogen and oxygen atoms in total. The lowest BCUT2D eigenvalue weighted by Crippen LogP contribution is -2.54. The predicted molar refractivity (Wildman–Crippen MR) is 66.1 cm³/mol. The van der Waals surface area contributed by atoms with Crippen LogP contribution >= 0.6 is 0 Å². The van der Waals surface area contributed by atoms with Gasteiger partial charge < -0.3 is 4.74 Å². The van der Waals surface area contributed by atoms with Gasteiger partial charge in [-0.1, -0.05) is 29.8 Å². The van der Waals surface area contributed by atoms with Gasteiger partial charge >= 0.3 is 18.0 Å². The molecule has 0 aliphatic heterocycles. The number of rotatable bonds is 5. The second kappa shape index (κ2) is 5.72. The average Bonchev–Trinajstić information content (AvgIpc) is 2.36. The summed E-state index contributed by atoms with van der Waals surface area (Å²) in [5, 5.41) is 0. The number of benzene rings is 1. The summed E-state index contributed by atoms with van der Waals surface area (Å²) in [6, 6.07) is 5.83. The largest absolute Gasteiger partial charge is 0.459 e. The Hall–Kier alpha value is -1.31. The maximum absolute atomic E-state index is 13.6. The molecule has 0 fully saturated rings. The number of hydrogen-bond acceptors (Lipinski definition) is 1. The number of halogens is 7. The molecule has 0 saturated heterocycles. The van der Waals surface area contributed by atoms with E-state index in [1.807, 2.05) is 0 Å². The van der Waals surface area contributed by atoms with Crippen LogP contribution in [0.4, 0.5) is 30.7 Å². The zero-order chi connectivity index (χ0) is 17.4. The Bertz CT molecular complexity index is 524. The van der Waals surface area contributed by atoms with Crippen LogP contribution in [0.25, 0.3) is 0 Å². The van der Waals surface area contributed by atoms with Gasteiger partial charge in [0.15, 0.2) is 0 Å². The number of methoxy groups -OCH3 is 1. The van der Waals surface area contributed by atoms with Crippen LogP contribution in [-0.2, 0) is 10.3 Å². The smallest absolute Gasteiger partial charge is 0.374 e. The topological polar surface area (TPSA) is 9.23 Å². The highest BCUT2D eigenvalue weighted by Gasteiger charge is 2.73. The Morgan fingerprint density at radius 3 is 1.95 bits per heavy atom. The van der Waals surface area contributed by atoms with Crippen LogP contribution in [0, 0.1) is 6.92 Å². The lowest BCUT2D eigenvalue weighted by atomic mass is 9.86. The van der Waals surface area contributed by atoms with E-state index in [0.717, 1.165) is 14.0 Å². The van der Waals surface area contributed by atoms with Crippen molar-refractivity contribution in [2.24, 2.45) is 0 Å². The molecule has 0 heterocycles. The van der Waals surface area contributed by atoms with Crippen LogP contribution in [0.3, 0.4) is 0 Å². The first kappa shape index (κ1) is 18.7. The summed E-state index contributed by atoms with van der Waals surface area (Å²) in [7, 11) is 0.976. The molecule has 0 N–H and O–H groups in total. The summed E-state index contributed by atoms with van der Waals surface area (Å²) in [6.45, 7) is 2.67. The van der Waals surface area contributed by atoms with Crippen LogP contribution in [-0.4, -0.2) is 25.1 Å². The first-order valence-corrected chi connectivity index (χ1v) is 6.21. The van der Waals surface area contributed by atoms with E-state index in [4.69, 9.17) is 4.74 Å². The molecule has 0 spiro atoms. The quantitative estimate of drug-likeness (QED) is 0.683. The van der Waals surface area contributed by atoms with Gasteiger partial charge in [-0.05, 0) is 19.4 Å². The Kier molecular flexibility index (Phi) is 4.87. The monoisotopic (exact) mass is 332 g/mol. The second-order valence-corrected chi connectivity index (χ2v) is 5.26. The third-order valence-electron chi connectivity index (χ3n) is 3.45. The van der Waals surface area contributed by atoms with Gasteiger partial charge in [0, 0.05) is 7.11 Å². The Balaban J connectivity index is 3.22. The van der Waals surface area contributed by atoms with Gasteiger partial charge in [-0.3, -0.25) is 0 Å². The SMILES string of the molecule is COC(C)(CC(F)(F)C(F)(F)C(F)(F)F)c1cccc(C)c1. The Labute approximate surface area is 123 Å². The van der Waals surface area contributed by atoms with Gasteiger partial charge in [0.2, 0.25) is 0 Å². The van der Waals surface area contributed by atoms with Gasteiger partial charge in [0.05, 0.1) is 12.0 Å². The van der Waals surface area contributed by atoms with Gasteiger partial charge in [0.25, 0.3) is 0 Å². The van der Waals surface area contributed by atoms with Crippen molar-refractivity contribution in [3.8, 4) is 0 Å². The van der Waals surface area contributed by atoms with E-state index >= 15 is 0 Å². The number of hydrogen-bond donors (Lipinski definition) is 0. The normalized spacial score (nSPS) is 16.5. The van der Waals surface area contributed by atoms with Gasteiger partial charge in [-0.15, -0.1) is 0 Å². The molecular formula is C14H15F7O. The molecule has 126 valence electrons. The molecule has 0 aliphatic carbocycles. The van der Waals surface area contributed by atoms with Crippen LogP contribution in [0.5, 0.6) is 0 Å². The molecule has 1 unspecified atom stereocenters. The minimum atomic E-state index is -6.35. The van der Waals surface area contributed by atoms with Gasteiger partial charge in [-0.25, -0.2) is 0 Å². The molecule has 0 amide bonds. The van der Waals surface area contributed by atoms with E-state index in [1.54, 1.807) is 13.0 Å². The Morgan fingerprint density at radius 1 is 1.00 bits per heavy atom. The number of aryl methyl sites for hydroxylation is 1. The molecule has 1 aromatic rings. The van der Waals surface area contributed by atoms with E-state index in [-0.39, 0.29) is 5.56 Å². The first-order chi connectivity index (χ1) is 9.77. The third-order valence-corrected chi connectivity index (χ3v) is 3.45. The van der Waals surface area contributed by atoms with Crippen molar-refractivity contribution in [3.63, 3.8) is 0 Å². The summed E-state index contributed by atoms with van der Waals surface area (Å²) >= 11 is 0. The molecule has 0 aromatic heterocycles. The molecule has 22 heavy (non-hydrogen) atoms. The fourth-order valence-electron chi connectivity index (χ4n) is 2.01. The zero-order valence-corrected chi connectivity index (χ0v) is 12.1. The first-order valence-electron chi connectivity index (χ1n) is 6.21. The molecule has 0 bridgehead atoms. The summed E-state index contributed by atoms with van der Waals surface area (Å²) in [6.07, 6.45) is -8.16. The van der Waals surface area contributed by atoms with Gasteiger partial charge in [-0.2, -0.15) is 30.7 Å². The van der Waals surface area contributed by atoms with Crippen LogP contribution in [0.1, 0.15) is 24.5 Å². The molecule has 0 saturated carbocycles. The number of alkyl halides is 7. The maximum atomic E-state index is 13.6. The van der Waals surface area contributed by atoms with Crippen molar-refractivity contribution in [3.05, 3.63) is 35.4 Å². The number of ether oxygens (including phenoxy) is 1. The van der Waals surface area contributed by atoms with Crippen molar-refractivity contribution in [1.82, 2.24) is 0 Å². The summed E-state index contributed by atoms with van der Waals surface area (Å²) in [5.41, 5.74) is -1.27. The van der Waals surface area contributed by atoms with E-state index in [2.05, 4.69) is 0 Å². The highest BCUT2D eigenvalue weighted by Crippen LogP contribution is 2.51. The Morgan fingerprint density at radius 2 is 1.55 bits per heavy atom. The van der Waals surface area contributed by atoms with E-state index in [0.29, 0.717) is 5.56 Å². The third kappa shape index (κ3) is 3.37. The van der Waals surface area contributed by atoms with Crippen molar-refractivity contribution in [2.45, 2.75) is 43.9 Å². The van der Waals surface area contributed by atoms with Crippen molar-refractivity contribution in [1.29, 1.82) is 0 Å². The summed E-state index contributed by atoms with van der Waals surface area (Å²) in [4.78, 5) is 0. The molecular weight excluding hydrogens is 317 g/mol. The average molecular weight is 332 g/mol. The van der Waals surface area contributed by atoms with Crippen molar-refractivity contribution >= 4 is 0 Å². The predicted octanol–water partition coefficient (Wildman–Crippen LogP) is 5.08. The fraction of sp³-hybridized carbons (Fsp3) is 0.571. The van der Waals surface area contributed by atoms with E-state index in [1.165, 1.54) is 18.2 Å². The summed E-state index contributed by atoms with van der Waals surface area (Å²) < 4.78 is 94.8. The molecule has 1 rings (SSSR count). The maximum Gasteiger partial charge on any atom is 0.459 e. The van der Waals surface area contributed by atoms with Crippen molar-refractivity contribution in [2.75, 3.05) is 7.11 Å². The molecule has 1 aromatic carbocycles.